The van der Waals surface area contributed by atoms with Crippen LogP contribution in [-0.4, -0.2) is 48.8 Å². The summed E-state index contributed by atoms with van der Waals surface area (Å²) < 4.78 is 5.99. The molecule has 0 radical (unpaired) electrons. The highest BCUT2D eigenvalue weighted by molar-refractivity contribution is 4.87. The number of nitrogens with zero attached hydrogens (tertiary/aromatic N) is 1. The number of hydrogen-bond acceptors (Lipinski definition) is 3. The van der Waals surface area contributed by atoms with Crippen LogP contribution in [0.5, 0.6) is 0 Å². The molecule has 0 aromatic heterocycles. The van der Waals surface area contributed by atoms with Gasteiger partial charge in [-0.05, 0) is 52.6 Å². The largest absolute Gasteiger partial charge is 0.374 e. The number of nitrogens with one attached hydrogen (secondary N) is 1. The highest BCUT2D eigenvalue weighted by Crippen LogP contribution is 2.25. The Morgan fingerprint density at radius 2 is 2.11 bits per heavy atom. The van der Waals surface area contributed by atoms with Crippen LogP contribution in [0, 0.1) is 0 Å². The molecule has 1 N–H and O–H groups in total. The molecular formula is C15H30N2O. The molecule has 106 valence electrons. The zero-order valence-electron chi connectivity index (χ0n) is 12.3. The number of likely N-dealkylation sites (N-methyl/N-ethyl adjacent to an activating group) is 1. The molecule has 0 amide bonds. The maximum Gasteiger partial charge on any atom is 0.0706 e. The molecule has 2 heterocycles. The van der Waals surface area contributed by atoms with Crippen molar-refractivity contribution in [3.05, 3.63) is 0 Å². The van der Waals surface area contributed by atoms with E-state index in [0.717, 1.165) is 13.1 Å². The van der Waals surface area contributed by atoms with E-state index in [1.165, 1.54) is 38.6 Å². The normalized spacial score (nSPS) is 35.8. The summed E-state index contributed by atoms with van der Waals surface area (Å²) >= 11 is 0. The van der Waals surface area contributed by atoms with Gasteiger partial charge < -0.3 is 10.1 Å². The third kappa shape index (κ3) is 3.69. The minimum atomic E-state index is 0.476. The molecule has 2 aliphatic rings. The zero-order valence-corrected chi connectivity index (χ0v) is 12.3. The Balaban J connectivity index is 1.86. The van der Waals surface area contributed by atoms with Gasteiger partial charge in [0, 0.05) is 18.6 Å². The van der Waals surface area contributed by atoms with Crippen molar-refractivity contribution in [3.8, 4) is 0 Å². The quantitative estimate of drug-likeness (QED) is 0.815. The van der Waals surface area contributed by atoms with Gasteiger partial charge in [-0.25, -0.2) is 0 Å². The summed E-state index contributed by atoms with van der Waals surface area (Å²) in [5.41, 5.74) is 0. The van der Waals surface area contributed by atoms with Gasteiger partial charge >= 0.3 is 0 Å². The molecule has 0 spiro atoms. The lowest BCUT2D eigenvalue weighted by Crippen LogP contribution is -2.52. The average Bonchev–Trinajstić information content (AvgIpc) is 2.76. The van der Waals surface area contributed by atoms with E-state index in [4.69, 9.17) is 4.74 Å². The zero-order chi connectivity index (χ0) is 13.0. The van der Waals surface area contributed by atoms with Gasteiger partial charge in [0.1, 0.15) is 0 Å². The predicted octanol–water partition coefficient (Wildman–Crippen LogP) is 2.41. The first-order valence-corrected chi connectivity index (χ1v) is 7.83. The summed E-state index contributed by atoms with van der Waals surface area (Å²) in [4.78, 5) is 2.68. The van der Waals surface area contributed by atoms with Gasteiger partial charge in [-0.2, -0.15) is 0 Å². The molecule has 0 aromatic carbocycles. The lowest BCUT2D eigenvalue weighted by Gasteiger charge is -2.40. The summed E-state index contributed by atoms with van der Waals surface area (Å²) in [6.07, 6.45) is 7.54. The van der Waals surface area contributed by atoms with Crippen molar-refractivity contribution < 1.29 is 4.74 Å². The number of piperidine rings is 1. The Morgan fingerprint density at radius 3 is 2.78 bits per heavy atom. The summed E-state index contributed by atoms with van der Waals surface area (Å²) in [7, 11) is 0. The number of rotatable bonds is 5. The molecular weight excluding hydrogens is 224 g/mol. The molecule has 2 fully saturated rings. The van der Waals surface area contributed by atoms with Crippen LogP contribution in [0.2, 0.25) is 0 Å². The molecule has 4 atom stereocenters. The van der Waals surface area contributed by atoms with E-state index >= 15 is 0 Å². The van der Waals surface area contributed by atoms with E-state index in [0.29, 0.717) is 24.3 Å². The molecule has 3 heteroatoms. The molecule has 2 aliphatic heterocycles. The summed E-state index contributed by atoms with van der Waals surface area (Å²) in [6, 6.07) is 1.31. The van der Waals surface area contributed by atoms with Crippen LogP contribution >= 0.6 is 0 Å². The second-order valence-corrected chi connectivity index (χ2v) is 6.05. The SMILES string of the molecule is CCNC(C)C1CCCCN1CC1CCC(C)O1. The molecule has 4 unspecified atom stereocenters. The fourth-order valence-corrected chi connectivity index (χ4v) is 3.55. The summed E-state index contributed by atoms with van der Waals surface area (Å²) in [6.45, 7) is 10.2. The average molecular weight is 254 g/mol. The first kappa shape index (κ1) is 14.3. The van der Waals surface area contributed by atoms with E-state index in [1.807, 2.05) is 0 Å². The minimum absolute atomic E-state index is 0.476. The third-order valence-corrected chi connectivity index (χ3v) is 4.53. The van der Waals surface area contributed by atoms with Crippen LogP contribution in [0.3, 0.4) is 0 Å². The monoisotopic (exact) mass is 254 g/mol. The molecule has 0 saturated carbocycles. The Morgan fingerprint density at radius 1 is 1.28 bits per heavy atom. The second-order valence-electron chi connectivity index (χ2n) is 6.05. The van der Waals surface area contributed by atoms with Crippen molar-refractivity contribution in [1.29, 1.82) is 0 Å². The van der Waals surface area contributed by atoms with Gasteiger partial charge in [0.2, 0.25) is 0 Å². The fourth-order valence-electron chi connectivity index (χ4n) is 3.55. The van der Waals surface area contributed by atoms with E-state index in [2.05, 4.69) is 31.0 Å². The molecule has 0 aliphatic carbocycles. The van der Waals surface area contributed by atoms with E-state index in [1.54, 1.807) is 0 Å². The van der Waals surface area contributed by atoms with Crippen molar-refractivity contribution in [2.75, 3.05) is 19.6 Å². The second kappa shape index (κ2) is 6.88. The van der Waals surface area contributed by atoms with E-state index < -0.39 is 0 Å². The maximum atomic E-state index is 5.99. The van der Waals surface area contributed by atoms with Gasteiger partial charge in [0.15, 0.2) is 0 Å². The van der Waals surface area contributed by atoms with Crippen LogP contribution in [0.15, 0.2) is 0 Å². The molecule has 18 heavy (non-hydrogen) atoms. The van der Waals surface area contributed by atoms with Gasteiger partial charge in [0.25, 0.3) is 0 Å². The van der Waals surface area contributed by atoms with Gasteiger partial charge in [-0.1, -0.05) is 13.3 Å². The van der Waals surface area contributed by atoms with Crippen LogP contribution in [0.4, 0.5) is 0 Å². The third-order valence-electron chi connectivity index (χ3n) is 4.53. The maximum absolute atomic E-state index is 5.99. The lowest BCUT2D eigenvalue weighted by atomic mass is 9.95. The highest BCUT2D eigenvalue weighted by Gasteiger charge is 2.31. The topological polar surface area (TPSA) is 24.5 Å². The van der Waals surface area contributed by atoms with Gasteiger partial charge in [-0.3, -0.25) is 4.90 Å². The fraction of sp³-hybridized carbons (Fsp3) is 1.00. The minimum Gasteiger partial charge on any atom is -0.374 e. The first-order valence-electron chi connectivity index (χ1n) is 7.83. The molecule has 3 nitrogen and oxygen atoms in total. The van der Waals surface area contributed by atoms with E-state index in [-0.39, 0.29) is 0 Å². The van der Waals surface area contributed by atoms with E-state index in [9.17, 15) is 0 Å². The number of ether oxygens (including phenoxy) is 1. The molecule has 0 bridgehead atoms. The van der Waals surface area contributed by atoms with Gasteiger partial charge in [0.05, 0.1) is 12.2 Å². The van der Waals surface area contributed by atoms with Crippen molar-refractivity contribution in [3.63, 3.8) is 0 Å². The van der Waals surface area contributed by atoms with Crippen molar-refractivity contribution in [2.45, 2.75) is 77.2 Å². The summed E-state index contributed by atoms with van der Waals surface area (Å²) in [5, 5.41) is 3.60. The predicted molar refractivity (Wildman–Crippen MR) is 75.9 cm³/mol. The Kier molecular flexibility index (Phi) is 5.46. The smallest absolute Gasteiger partial charge is 0.0706 e. The summed E-state index contributed by atoms with van der Waals surface area (Å²) in [5.74, 6) is 0. The first-order chi connectivity index (χ1) is 8.70. The van der Waals surface area contributed by atoms with Crippen LogP contribution in [0.1, 0.15) is 52.9 Å². The number of hydrogen-bond donors (Lipinski definition) is 1. The van der Waals surface area contributed by atoms with Gasteiger partial charge in [-0.15, -0.1) is 0 Å². The van der Waals surface area contributed by atoms with Crippen LogP contribution in [-0.2, 0) is 4.74 Å². The number of likely N-dealkylation sites (tertiary alicyclic amines) is 1. The standard InChI is InChI=1S/C15H30N2O/c1-4-16-13(3)15-7-5-6-10-17(15)11-14-9-8-12(2)18-14/h12-16H,4-11H2,1-3H3. The highest BCUT2D eigenvalue weighted by atomic mass is 16.5. The molecule has 2 saturated heterocycles. The molecule has 0 aromatic rings. The Bertz CT molecular complexity index is 247. The lowest BCUT2D eigenvalue weighted by molar-refractivity contribution is 0.00847. The van der Waals surface area contributed by atoms with Crippen LogP contribution in [0.25, 0.3) is 0 Å². The van der Waals surface area contributed by atoms with Crippen molar-refractivity contribution in [1.82, 2.24) is 10.2 Å². The Hall–Kier alpha value is -0.120. The molecule has 2 rings (SSSR count). The van der Waals surface area contributed by atoms with Crippen molar-refractivity contribution in [2.24, 2.45) is 0 Å². The van der Waals surface area contributed by atoms with Crippen LogP contribution < -0.4 is 5.32 Å². The Labute approximate surface area is 112 Å². The van der Waals surface area contributed by atoms with Crippen molar-refractivity contribution >= 4 is 0 Å².